The average Bonchev–Trinajstić information content (AvgIpc) is 2.34. The fourth-order valence-corrected chi connectivity index (χ4v) is 1.95. The van der Waals surface area contributed by atoms with Crippen LogP contribution >= 0.6 is 0 Å². The number of carboxylic acid groups (broad SMARTS) is 1. The molecular formula is C12H17N3O3. The summed E-state index contributed by atoms with van der Waals surface area (Å²) in [5.74, 6) is -0.713. The van der Waals surface area contributed by atoms with Crippen LogP contribution in [-0.4, -0.2) is 47.2 Å². The molecule has 1 aromatic heterocycles. The standard InChI is InChI=1S/C12H17N3O3/c1-15-4-2-9(3-5-15)18-11-10(13)6-8(7-14-11)12(16)17/h6-7,9H,2-5,13H2,1H3,(H,16,17). The Kier molecular flexibility index (Phi) is 3.66. The van der Waals surface area contributed by atoms with Gasteiger partial charge in [0.15, 0.2) is 0 Å². The molecule has 0 unspecified atom stereocenters. The third-order valence-electron chi connectivity index (χ3n) is 3.07. The quantitative estimate of drug-likeness (QED) is 0.827. The fraction of sp³-hybridized carbons (Fsp3) is 0.500. The van der Waals surface area contributed by atoms with Crippen molar-refractivity contribution in [2.24, 2.45) is 0 Å². The van der Waals surface area contributed by atoms with E-state index in [1.807, 2.05) is 0 Å². The number of piperidine rings is 1. The van der Waals surface area contributed by atoms with E-state index in [-0.39, 0.29) is 17.4 Å². The number of nitrogens with zero attached hydrogens (tertiary/aromatic N) is 2. The molecule has 6 heteroatoms. The summed E-state index contributed by atoms with van der Waals surface area (Å²) < 4.78 is 5.71. The molecule has 0 radical (unpaired) electrons. The molecule has 1 fully saturated rings. The van der Waals surface area contributed by atoms with Gasteiger partial charge in [0.25, 0.3) is 0 Å². The third-order valence-corrected chi connectivity index (χ3v) is 3.07. The van der Waals surface area contributed by atoms with Crippen molar-refractivity contribution in [1.82, 2.24) is 9.88 Å². The second-order valence-corrected chi connectivity index (χ2v) is 4.54. The van der Waals surface area contributed by atoms with Crippen LogP contribution in [0.25, 0.3) is 0 Å². The number of ether oxygens (including phenoxy) is 1. The second-order valence-electron chi connectivity index (χ2n) is 4.54. The normalized spacial score (nSPS) is 17.6. The first-order valence-electron chi connectivity index (χ1n) is 5.90. The summed E-state index contributed by atoms with van der Waals surface area (Å²) in [6, 6.07) is 1.37. The predicted octanol–water partition coefficient (Wildman–Crippen LogP) is 0.835. The van der Waals surface area contributed by atoms with Crippen LogP contribution in [0.3, 0.4) is 0 Å². The summed E-state index contributed by atoms with van der Waals surface area (Å²) in [6.45, 7) is 1.97. The molecule has 0 amide bonds. The van der Waals surface area contributed by atoms with Gasteiger partial charge in [-0.15, -0.1) is 0 Å². The Hall–Kier alpha value is -1.82. The van der Waals surface area contributed by atoms with Crippen LogP contribution in [0.4, 0.5) is 5.69 Å². The van der Waals surface area contributed by atoms with E-state index in [2.05, 4.69) is 16.9 Å². The topological polar surface area (TPSA) is 88.7 Å². The van der Waals surface area contributed by atoms with Gasteiger partial charge in [-0.25, -0.2) is 9.78 Å². The van der Waals surface area contributed by atoms with Gasteiger partial charge in [-0.05, 0) is 26.0 Å². The van der Waals surface area contributed by atoms with E-state index in [0.29, 0.717) is 5.88 Å². The van der Waals surface area contributed by atoms with Crippen molar-refractivity contribution in [3.63, 3.8) is 0 Å². The van der Waals surface area contributed by atoms with E-state index in [1.165, 1.54) is 12.3 Å². The number of pyridine rings is 1. The highest BCUT2D eigenvalue weighted by Crippen LogP contribution is 2.23. The van der Waals surface area contributed by atoms with Gasteiger partial charge in [-0.3, -0.25) is 0 Å². The minimum Gasteiger partial charge on any atom is -0.478 e. The van der Waals surface area contributed by atoms with Gasteiger partial charge < -0.3 is 20.5 Å². The molecule has 98 valence electrons. The Balaban J connectivity index is 2.03. The Morgan fingerprint density at radius 3 is 2.78 bits per heavy atom. The zero-order chi connectivity index (χ0) is 13.1. The molecule has 2 rings (SSSR count). The maximum Gasteiger partial charge on any atom is 0.337 e. The Morgan fingerprint density at radius 2 is 2.22 bits per heavy atom. The maximum atomic E-state index is 10.7. The largest absolute Gasteiger partial charge is 0.478 e. The number of aromatic carboxylic acids is 1. The number of nitrogens with two attached hydrogens (primary N) is 1. The van der Waals surface area contributed by atoms with E-state index in [1.54, 1.807) is 0 Å². The summed E-state index contributed by atoms with van der Waals surface area (Å²) >= 11 is 0. The molecule has 1 aliphatic rings. The molecule has 3 N–H and O–H groups in total. The number of carbonyl (C=O) groups is 1. The Labute approximate surface area is 105 Å². The van der Waals surface area contributed by atoms with E-state index in [0.717, 1.165) is 25.9 Å². The van der Waals surface area contributed by atoms with Crippen LogP contribution in [0.5, 0.6) is 5.88 Å². The van der Waals surface area contributed by atoms with Crippen molar-refractivity contribution in [2.75, 3.05) is 25.9 Å². The molecule has 1 saturated heterocycles. The van der Waals surface area contributed by atoms with Crippen LogP contribution in [0, 0.1) is 0 Å². The van der Waals surface area contributed by atoms with Crippen molar-refractivity contribution < 1.29 is 14.6 Å². The molecule has 0 bridgehead atoms. The average molecular weight is 251 g/mol. The second kappa shape index (κ2) is 5.22. The van der Waals surface area contributed by atoms with Crippen molar-refractivity contribution in [3.05, 3.63) is 17.8 Å². The summed E-state index contributed by atoms with van der Waals surface area (Å²) in [5, 5.41) is 8.81. The number of aromatic nitrogens is 1. The maximum absolute atomic E-state index is 10.7. The monoisotopic (exact) mass is 251 g/mol. The minimum atomic E-state index is -1.04. The van der Waals surface area contributed by atoms with Gasteiger partial charge >= 0.3 is 5.97 Å². The summed E-state index contributed by atoms with van der Waals surface area (Å²) in [6.07, 6.45) is 3.23. The minimum absolute atomic E-state index is 0.0724. The molecule has 1 aliphatic heterocycles. The van der Waals surface area contributed by atoms with Crippen molar-refractivity contribution in [2.45, 2.75) is 18.9 Å². The van der Waals surface area contributed by atoms with E-state index in [4.69, 9.17) is 15.6 Å². The number of nitrogen functional groups attached to an aromatic ring is 1. The van der Waals surface area contributed by atoms with Crippen LogP contribution in [-0.2, 0) is 0 Å². The van der Waals surface area contributed by atoms with Gasteiger partial charge in [-0.2, -0.15) is 0 Å². The lowest BCUT2D eigenvalue weighted by molar-refractivity contribution is 0.0696. The Bertz CT molecular complexity index is 442. The molecular weight excluding hydrogens is 234 g/mol. The number of likely N-dealkylation sites (tertiary alicyclic amines) is 1. The summed E-state index contributed by atoms with van der Waals surface area (Å²) in [4.78, 5) is 17.0. The highest BCUT2D eigenvalue weighted by atomic mass is 16.5. The smallest absolute Gasteiger partial charge is 0.337 e. The molecule has 0 spiro atoms. The molecule has 1 aromatic rings. The van der Waals surface area contributed by atoms with Gasteiger partial charge in [0.2, 0.25) is 5.88 Å². The lowest BCUT2D eigenvalue weighted by atomic mass is 10.1. The number of hydrogen-bond donors (Lipinski definition) is 2. The Morgan fingerprint density at radius 1 is 1.56 bits per heavy atom. The van der Waals surface area contributed by atoms with Crippen LogP contribution < -0.4 is 10.5 Å². The molecule has 0 aromatic carbocycles. The highest BCUT2D eigenvalue weighted by Gasteiger charge is 2.19. The lowest BCUT2D eigenvalue weighted by Crippen LogP contribution is -2.35. The molecule has 0 atom stereocenters. The molecule has 18 heavy (non-hydrogen) atoms. The van der Waals surface area contributed by atoms with Crippen LogP contribution in [0.1, 0.15) is 23.2 Å². The summed E-state index contributed by atoms with van der Waals surface area (Å²) in [7, 11) is 2.07. The van der Waals surface area contributed by atoms with E-state index < -0.39 is 5.97 Å². The van der Waals surface area contributed by atoms with Gasteiger partial charge in [0.1, 0.15) is 6.10 Å². The number of anilines is 1. The zero-order valence-electron chi connectivity index (χ0n) is 10.3. The first kappa shape index (κ1) is 12.6. The predicted molar refractivity (Wildman–Crippen MR) is 66.8 cm³/mol. The third kappa shape index (κ3) is 2.89. The number of carboxylic acids is 1. The number of rotatable bonds is 3. The SMILES string of the molecule is CN1CCC(Oc2ncc(C(=O)O)cc2N)CC1. The van der Waals surface area contributed by atoms with E-state index in [9.17, 15) is 4.79 Å². The van der Waals surface area contributed by atoms with Crippen molar-refractivity contribution in [1.29, 1.82) is 0 Å². The van der Waals surface area contributed by atoms with Gasteiger partial charge in [0, 0.05) is 19.3 Å². The lowest BCUT2D eigenvalue weighted by Gasteiger charge is -2.29. The first-order valence-corrected chi connectivity index (χ1v) is 5.90. The van der Waals surface area contributed by atoms with Crippen molar-refractivity contribution >= 4 is 11.7 Å². The van der Waals surface area contributed by atoms with E-state index >= 15 is 0 Å². The zero-order valence-corrected chi connectivity index (χ0v) is 10.3. The molecule has 2 heterocycles. The summed E-state index contributed by atoms with van der Waals surface area (Å²) in [5.41, 5.74) is 6.09. The molecule has 6 nitrogen and oxygen atoms in total. The molecule has 0 saturated carbocycles. The molecule has 0 aliphatic carbocycles. The van der Waals surface area contributed by atoms with Gasteiger partial charge in [-0.1, -0.05) is 0 Å². The van der Waals surface area contributed by atoms with Crippen LogP contribution in [0.15, 0.2) is 12.3 Å². The fourth-order valence-electron chi connectivity index (χ4n) is 1.95. The highest BCUT2D eigenvalue weighted by molar-refractivity contribution is 5.88. The van der Waals surface area contributed by atoms with Gasteiger partial charge in [0.05, 0.1) is 11.3 Å². The van der Waals surface area contributed by atoms with Crippen molar-refractivity contribution in [3.8, 4) is 5.88 Å². The van der Waals surface area contributed by atoms with Crippen LogP contribution in [0.2, 0.25) is 0 Å². The number of hydrogen-bond acceptors (Lipinski definition) is 5. The first-order chi connectivity index (χ1) is 8.56.